The van der Waals surface area contributed by atoms with Gasteiger partial charge < -0.3 is 5.32 Å². The molecule has 0 spiro atoms. The Kier molecular flexibility index (Phi) is 6.91. The van der Waals surface area contributed by atoms with E-state index < -0.39 is 0 Å². The van der Waals surface area contributed by atoms with Crippen LogP contribution < -0.4 is 5.32 Å². The Morgan fingerprint density at radius 3 is 2.77 bits per heavy atom. The molecule has 1 N–H and O–H groups in total. The van der Waals surface area contributed by atoms with Crippen molar-refractivity contribution >= 4 is 46.2 Å². The Balaban J connectivity index is 1.37. The highest BCUT2D eigenvalue weighted by atomic mass is 35.5. The first-order chi connectivity index (χ1) is 17.0. The monoisotopic (exact) mass is 504 g/mol. The van der Waals surface area contributed by atoms with E-state index in [0.29, 0.717) is 11.7 Å². The van der Waals surface area contributed by atoms with Crippen LogP contribution in [-0.2, 0) is 19.5 Å². The van der Waals surface area contributed by atoms with E-state index in [-0.39, 0.29) is 6.03 Å². The summed E-state index contributed by atoms with van der Waals surface area (Å²) in [6.07, 6.45) is 6.77. The van der Waals surface area contributed by atoms with Crippen molar-refractivity contribution in [3.05, 3.63) is 105 Å². The van der Waals surface area contributed by atoms with Crippen LogP contribution in [0.25, 0.3) is 17.0 Å². The van der Waals surface area contributed by atoms with Crippen molar-refractivity contribution in [3.63, 3.8) is 0 Å². The predicted octanol–water partition coefficient (Wildman–Crippen LogP) is 6.48. The lowest BCUT2D eigenvalue weighted by atomic mass is 10.0. The molecule has 0 fully saturated rings. The number of amides is 1. The van der Waals surface area contributed by atoms with Gasteiger partial charge in [-0.25, -0.2) is 9.78 Å². The van der Waals surface area contributed by atoms with Gasteiger partial charge in [-0.2, -0.15) is 0 Å². The van der Waals surface area contributed by atoms with Gasteiger partial charge >= 0.3 is 6.03 Å². The molecule has 0 radical (unpaired) electrons. The molecule has 3 heterocycles. The fourth-order valence-corrected chi connectivity index (χ4v) is 5.09. The minimum atomic E-state index is -0.120. The van der Waals surface area contributed by atoms with Crippen LogP contribution in [0.2, 0.25) is 10.2 Å². The summed E-state index contributed by atoms with van der Waals surface area (Å²) in [5, 5.41) is 5.40. The maximum atomic E-state index is 13.4. The fourth-order valence-electron chi connectivity index (χ4n) is 4.76. The van der Waals surface area contributed by atoms with Crippen molar-refractivity contribution in [3.8, 4) is 0 Å². The minimum Gasteiger partial charge on any atom is -0.333 e. The SMILES string of the molecule is Cc1cccc2c1c1c(n2C(=O)NCc2ccnc(Cl)c2)CCN(C/C=C/c2ccc(Cl)cc2)C1. The van der Waals surface area contributed by atoms with Crippen molar-refractivity contribution in [2.24, 2.45) is 0 Å². The number of benzene rings is 2. The number of carbonyl (C=O) groups excluding carboxylic acids is 1. The second-order valence-electron chi connectivity index (χ2n) is 8.81. The molecule has 1 amide bonds. The van der Waals surface area contributed by atoms with Crippen LogP contribution in [0.3, 0.4) is 0 Å². The van der Waals surface area contributed by atoms with Crippen molar-refractivity contribution in [2.75, 3.05) is 13.1 Å². The largest absolute Gasteiger partial charge is 0.333 e. The van der Waals surface area contributed by atoms with Gasteiger partial charge in [-0.3, -0.25) is 9.47 Å². The van der Waals surface area contributed by atoms with Crippen LogP contribution in [0, 0.1) is 6.92 Å². The number of halogens is 2. The second kappa shape index (κ2) is 10.2. The number of hydrogen-bond acceptors (Lipinski definition) is 3. The van der Waals surface area contributed by atoms with Crippen LogP contribution in [0.15, 0.2) is 66.9 Å². The van der Waals surface area contributed by atoms with Crippen LogP contribution in [0.4, 0.5) is 4.79 Å². The van der Waals surface area contributed by atoms with Gasteiger partial charge in [0.25, 0.3) is 0 Å². The van der Waals surface area contributed by atoms with Crippen LogP contribution in [-0.4, -0.2) is 33.6 Å². The quantitative estimate of drug-likeness (QED) is 0.316. The van der Waals surface area contributed by atoms with E-state index in [0.717, 1.165) is 53.4 Å². The number of aromatic nitrogens is 2. The Bertz CT molecular complexity index is 1410. The summed E-state index contributed by atoms with van der Waals surface area (Å²) in [5.74, 6) is 0. The normalized spacial score (nSPS) is 13.9. The smallest absolute Gasteiger partial charge is 0.326 e. The minimum absolute atomic E-state index is 0.120. The summed E-state index contributed by atoms with van der Waals surface area (Å²) in [7, 11) is 0. The Morgan fingerprint density at radius 1 is 1.14 bits per heavy atom. The van der Waals surface area contributed by atoms with Gasteiger partial charge in [-0.05, 0) is 59.5 Å². The number of aryl methyl sites for hydroxylation is 1. The van der Waals surface area contributed by atoms with Gasteiger partial charge in [-0.1, -0.05) is 59.6 Å². The van der Waals surface area contributed by atoms with E-state index >= 15 is 0 Å². The second-order valence-corrected chi connectivity index (χ2v) is 9.64. The van der Waals surface area contributed by atoms with Gasteiger partial charge in [0.2, 0.25) is 0 Å². The van der Waals surface area contributed by atoms with E-state index in [1.807, 2.05) is 47.0 Å². The molecular formula is C28H26Cl2N4O. The number of rotatable bonds is 5. The summed E-state index contributed by atoms with van der Waals surface area (Å²) in [5.41, 5.74) is 6.53. The maximum absolute atomic E-state index is 13.4. The van der Waals surface area contributed by atoms with Crippen LogP contribution in [0.5, 0.6) is 0 Å². The molecule has 0 unspecified atom stereocenters. The average Bonchev–Trinajstić information content (AvgIpc) is 3.19. The Morgan fingerprint density at radius 2 is 1.97 bits per heavy atom. The van der Waals surface area contributed by atoms with Crippen LogP contribution >= 0.6 is 23.2 Å². The molecule has 7 heteroatoms. The fraction of sp³-hybridized carbons (Fsp3) is 0.214. The van der Waals surface area contributed by atoms with Gasteiger partial charge in [-0.15, -0.1) is 0 Å². The molecule has 0 bridgehead atoms. The van der Waals surface area contributed by atoms with E-state index in [4.69, 9.17) is 23.2 Å². The zero-order valence-electron chi connectivity index (χ0n) is 19.5. The first-order valence-electron chi connectivity index (χ1n) is 11.6. The Labute approximate surface area is 215 Å². The zero-order chi connectivity index (χ0) is 24.4. The summed E-state index contributed by atoms with van der Waals surface area (Å²) < 4.78 is 1.86. The maximum Gasteiger partial charge on any atom is 0.326 e. The third-order valence-electron chi connectivity index (χ3n) is 6.44. The molecule has 2 aromatic carbocycles. The molecule has 0 saturated carbocycles. The van der Waals surface area contributed by atoms with E-state index in [9.17, 15) is 4.79 Å². The molecule has 5 rings (SSSR count). The molecule has 2 aromatic heterocycles. The molecular weight excluding hydrogens is 479 g/mol. The molecule has 178 valence electrons. The molecule has 1 aliphatic rings. The molecule has 0 atom stereocenters. The van der Waals surface area contributed by atoms with Crippen molar-refractivity contribution < 1.29 is 4.79 Å². The number of nitrogens with zero attached hydrogens (tertiary/aromatic N) is 3. The number of fused-ring (bicyclic) bond motifs is 3. The number of nitrogens with one attached hydrogen (secondary N) is 1. The highest BCUT2D eigenvalue weighted by molar-refractivity contribution is 6.30. The molecule has 35 heavy (non-hydrogen) atoms. The van der Waals surface area contributed by atoms with E-state index in [1.165, 1.54) is 16.5 Å². The number of pyridine rings is 1. The first kappa shape index (κ1) is 23.6. The highest BCUT2D eigenvalue weighted by Gasteiger charge is 2.27. The lowest BCUT2D eigenvalue weighted by Crippen LogP contribution is -2.34. The van der Waals surface area contributed by atoms with Gasteiger partial charge in [0.15, 0.2) is 0 Å². The van der Waals surface area contributed by atoms with E-state index in [2.05, 4.69) is 40.3 Å². The number of hydrogen-bond donors (Lipinski definition) is 1. The molecule has 1 aliphatic heterocycles. The highest BCUT2D eigenvalue weighted by Crippen LogP contribution is 2.33. The van der Waals surface area contributed by atoms with Gasteiger partial charge in [0.1, 0.15) is 5.15 Å². The first-order valence-corrected chi connectivity index (χ1v) is 12.4. The lowest BCUT2D eigenvalue weighted by molar-refractivity contribution is 0.240. The van der Waals surface area contributed by atoms with Crippen molar-refractivity contribution in [1.82, 2.24) is 19.8 Å². The molecule has 4 aromatic rings. The summed E-state index contributed by atoms with van der Waals surface area (Å²) >= 11 is 12.0. The third kappa shape index (κ3) is 5.13. The van der Waals surface area contributed by atoms with E-state index in [1.54, 1.807) is 12.3 Å². The molecule has 5 nitrogen and oxygen atoms in total. The third-order valence-corrected chi connectivity index (χ3v) is 6.90. The Hall–Kier alpha value is -3.12. The summed E-state index contributed by atoms with van der Waals surface area (Å²) in [6.45, 7) is 5.05. The summed E-state index contributed by atoms with van der Waals surface area (Å²) in [4.78, 5) is 19.8. The lowest BCUT2D eigenvalue weighted by Gasteiger charge is -2.27. The topological polar surface area (TPSA) is 50.2 Å². The van der Waals surface area contributed by atoms with Gasteiger partial charge in [0.05, 0.1) is 5.52 Å². The average molecular weight is 505 g/mol. The molecule has 0 aliphatic carbocycles. The standard InChI is InChI=1S/C28H26Cl2N4O/c1-19-4-2-6-25-27(19)23-18-33(14-3-5-20-7-9-22(29)10-8-20)15-12-24(23)34(25)28(35)32-17-21-11-13-31-26(30)16-21/h2-11,13,16H,12,14-15,17-18H2,1H3,(H,32,35)/b5-3+. The zero-order valence-corrected chi connectivity index (χ0v) is 21.0. The van der Waals surface area contributed by atoms with Gasteiger partial charge in [0, 0.05) is 54.9 Å². The molecule has 0 saturated heterocycles. The summed E-state index contributed by atoms with van der Waals surface area (Å²) in [6, 6.07) is 17.5. The number of carbonyl (C=O) groups is 1. The predicted molar refractivity (Wildman–Crippen MR) is 143 cm³/mol. The van der Waals surface area contributed by atoms with Crippen LogP contribution in [0.1, 0.15) is 27.9 Å². The van der Waals surface area contributed by atoms with Crippen molar-refractivity contribution in [1.29, 1.82) is 0 Å². The van der Waals surface area contributed by atoms with Crippen molar-refractivity contribution in [2.45, 2.75) is 26.4 Å².